The number of fused-ring (bicyclic) bond motifs is 6. The molecule has 0 fully saturated rings. The average Bonchev–Trinajstić information content (AvgIpc) is 3.79. The average molecular weight is 760 g/mol. The van der Waals surface area contributed by atoms with Crippen LogP contribution in [0.1, 0.15) is 25.0 Å². The molecular formula is C54H37N3S. The van der Waals surface area contributed by atoms with Crippen molar-refractivity contribution in [2.45, 2.75) is 19.3 Å². The minimum Gasteiger partial charge on any atom is -0.208 e. The summed E-state index contributed by atoms with van der Waals surface area (Å²) in [5.74, 6) is 1.97. The fraction of sp³-hybridized carbons (Fsp3) is 0.0556. The van der Waals surface area contributed by atoms with Gasteiger partial charge in [0.1, 0.15) is 0 Å². The van der Waals surface area contributed by atoms with Crippen LogP contribution in [-0.2, 0) is 5.41 Å². The molecule has 4 heteroatoms. The Morgan fingerprint density at radius 1 is 0.362 bits per heavy atom. The molecule has 0 saturated heterocycles. The van der Waals surface area contributed by atoms with E-state index in [9.17, 15) is 0 Å². The second-order valence-corrected chi connectivity index (χ2v) is 16.6. The van der Waals surface area contributed by atoms with Crippen LogP contribution in [0.5, 0.6) is 0 Å². The molecular weight excluding hydrogens is 723 g/mol. The Morgan fingerprint density at radius 2 is 0.862 bits per heavy atom. The second-order valence-electron chi connectivity index (χ2n) is 15.5. The molecule has 2 heterocycles. The minimum atomic E-state index is -0.243. The zero-order valence-corrected chi connectivity index (χ0v) is 33.0. The third-order valence-corrected chi connectivity index (χ3v) is 13.0. The molecule has 0 aliphatic heterocycles. The summed E-state index contributed by atoms with van der Waals surface area (Å²) in [6, 6.07) is 67.0. The van der Waals surface area contributed by atoms with Crippen LogP contribution >= 0.6 is 11.3 Å². The lowest BCUT2D eigenvalue weighted by molar-refractivity contribution is 0.662. The molecule has 3 nitrogen and oxygen atoms in total. The molecule has 1 aliphatic rings. The van der Waals surface area contributed by atoms with Crippen molar-refractivity contribution >= 4 is 31.5 Å². The molecule has 1 aliphatic carbocycles. The minimum absolute atomic E-state index is 0.243. The molecule has 10 aromatic rings. The summed E-state index contributed by atoms with van der Waals surface area (Å²) in [6.45, 7) is 4.69. The van der Waals surface area contributed by atoms with Crippen molar-refractivity contribution in [3.63, 3.8) is 0 Å². The summed E-state index contributed by atoms with van der Waals surface area (Å²) in [6.07, 6.45) is 0. The van der Waals surface area contributed by atoms with Gasteiger partial charge in [-0.15, -0.1) is 11.3 Å². The number of hydrogen-bond acceptors (Lipinski definition) is 4. The van der Waals surface area contributed by atoms with Crippen LogP contribution in [0, 0.1) is 0 Å². The molecule has 11 rings (SSSR count). The molecule has 8 aromatic carbocycles. The molecule has 0 unspecified atom stereocenters. The van der Waals surface area contributed by atoms with E-state index in [2.05, 4.69) is 202 Å². The molecule has 58 heavy (non-hydrogen) atoms. The SMILES string of the molecule is CC1(C)c2ccccc2-c2c(-c3nc(-c4ccccc4-c4ccc(-c5ccccc5)cc4)nc(-c4cccc5c4sc4ccccc45)n3)ccc(-c3ccccc3)c21. The summed E-state index contributed by atoms with van der Waals surface area (Å²) in [5.41, 5.74) is 14.7. The standard InChI is InChI=1S/C54H37N3S/c1-54(2)46-26-13-11-23-43(46)48-44(33-32-39(49(48)54)36-18-7-4-8-19-36)52-55-51(56-53(57-52)45-25-15-24-41-40-21-12-14-27-47(40)58-50(41)45)42-22-10-9-20-38(42)37-30-28-35(29-31-37)34-16-5-3-6-17-34/h3-33H,1-2H3. The summed E-state index contributed by atoms with van der Waals surface area (Å²) >= 11 is 1.80. The quantitative estimate of drug-likeness (QED) is 0.169. The van der Waals surface area contributed by atoms with Crippen molar-refractivity contribution in [1.82, 2.24) is 15.0 Å². The molecule has 0 spiro atoms. The molecule has 0 saturated carbocycles. The first-order chi connectivity index (χ1) is 28.5. The summed E-state index contributed by atoms with van der Waals surface area (Å²) < 4.78 is 2.42. The highest BCUT2D eigenvalue weighted by molar-refractivity contribution is 7.26. The first-order valence-electron chi connectivity index (χ1n) is 19.8. The number of benzene rings is 8. The van der Waals surface area contributed by atoms with Crippen LogP contribution < -0.4 is 0 Å². The topological polar surface area (TPSA) is 38.7 Å². The third kappa shape index (κ3) is 5.52. The van der Waals surface area contributed by atoms with Gasteiger partial charge in [-0.2, -0.15) is 0 Å². The maximum atomic E-state index is 5.46. The lowest BCUT2D eigenvalue weighted by Gasteiger charge is -2.25. The maximum Gasteiger partial charge on any atom is 0.165 e. The van der Waals surface area contributed by atoms with Crippen LogP contribution in [0.2, 0.25) is 0 Å². The smallest absolute Gasteiger partial charge is 0.165 e. The second kappa shape index (κ2) is 13.6. The van der Waals surface area contributed by atoms with E-state index in [1.807, 2.05) is 0 Å². The van der Waals surface area contributed by atoms with Crippen molar-refractivity contribution in [2.24, 2.45) is 0 Å². The lowest BCUT2D eigenvalue weighted by atomic mass is 9.78. The third-order valence-electron chi connectivity index (χ3n) is 11.8. The Balaban J connectivity index is 1.17. The molecule has 0 radical (unpaired) electrons. The van der Waals surface area contributed by atoms with Crippen molar-refractivity contribution in [2.75, 3.05) is 0 Å². The number of rotatable bonds is 6. The van der Waals surface area contributed by atoms with Gasteiger partial charge >= 0.3 is 0 Å². The number of aromatic nitrogens is 3. The predicted octanol–water partition coefficient (Wildman–Crippen LogP) is 14.5. The van der Waals surface area contributed by atoms with E-state index in [0.29, 0.717) is 17.5 Å². The van der Waals surface area contributed by atoms with Gasteiger partial charge < -0.3 is 0 Å². The normalized spacial score (nSPS) is 12.8. The van der Waals surface area contributed by atoms with E-state index in [0.717, 1.165) is 27.8 Å². The Kier molecular flexibility index (Phi) is 8.02. The number of thiophene rings is 1. The van der Waals surface area contributed by atoms with Crippen LogP contribution in [0.15, 0.2) is 188 Å². The van der Waals surface area contributed by atoms with Gasteiger partial charge in [-0.3, -0.25) is 0 Å². The fourth-order valence-electron chi connectivity index (χ4n) is 9.02. The van der Waals surface area contributed by atoms with Gasteiger partial charge in [0.15, 0.2) is 17.5 Å². The lowest BCUT2D eigenvalue weighted by Crippen LogP contribution is -2.16. The molecule has 0 N–H and O–H groups in total. The monoisotopic (exact) mass is 759 g/mol. The van der Waals surface area contributed by atoms with E-state index < -0.39 is 0 Å². The van der Waals surface area contributed by atoms with Crippen LogP contribution in [0.25, 0.3) is 98.8 Å². The van der Waals surface area contributed by atoms with Crippen LogP contribution in [0.4, 0.5) is 0 Å². The summed E-state index contributed by atoms with van der Waals surface area (Å²) in [4.78, 5) is 16.3. The zero-order valence-electron chi connectivity index (χ0n) is 32.1. The van der Waals surface area contributed by atoms with E-state index in [-0.39, 0.29) is 5.41 Å². The van der Waals surface area contributed by atoms with E-state index in [1.165, 1.54) is 64.7 Å². The summed E-state index contributed by atoms with van der Waals surface area (Å²) in [7, 11) is 0. The van der Waals surface area contributed by atoms with Crippen molar-refractivity contribution < 1.29 is 0 Å². The van der Waals surface area contributed by atoms with E-state index in [1.54, 1.807) is 11.3 Å². The first-order valence-corrected chi connectivity index (χ1v) is 20.6. The molecule has 274 valence electrons. The molecule has 0 amide bonds. The highest BCUT2D eigenvalue weighted by Crippen LogP contribution is 2.55. The summed E-state index contributed by atoms with van der Waals surface area (Å²) in [5, 5.41) is 2.46. The van der Waals surface area contributed by atoms with Gasteiger partial charge in [0, 0.05) is 42.3 Å². The largest absolute Gasteiger partial charge is 0.208 e. The van der Waals surface area contributed by atoms with E-state index >= 15 is 0 Å². The Morgan fingerprint density at radius 3 is 1.62 bits per heavy atom. The van der Waals surface area contributed by atoms with Crippen molar-refractivity contribution in [3.05, 3.63) is 199 Å². The Labute approximate surface area is 342 Å². The molecule has 0 atom stereocenters. The highest BCUT2D eigenvalue weighted by Gasteiger charge is 2.39. The van der Waals surface area contributed by atoms with Gasteiger partial charge in [-0.05, 0) is 73.8 Å². The van der Waals surface area contributed by atoms with Gasteiger partial charge in [-0.25, -0.2) is 15.0 Å². The van der Waals surface area contributed by atoms with Gasteiger partial charge in [0.25, 0.3) is 0 Å². The van der Waals surface area contributed by atoms with Gasteiger partial charge in [0.05, 0.1) is 0 Å². The molecule has 0 bridgehead atoms. The van der Waals surface area contributed by atoms with Crippen LogP contribution in [-0.4, -0.2) is 15.0 Å². The first kappa shape index (κ1) is 34.3. The molecule has 2 aromatic heterocycles. The van der Waals surface area contributed by atoms with Gasteiger partial charge in [-0.1, -0.05) is 184 Å². The Bertz CT molecular complexity index is 3180. The number of nitrogens with zero attached hydrogens (tertiary/aromatic N) is 3. The van der Waals surface area contributed by atoms with Crippen molar-refractivity contribution in [3.8, 4) is 78.7 Å². The zero-order chi connectivity index (χ0) is 38.8. The maximum absolute atomic E-state index is 5.46. The Hall–Kier alpha value is -7.01. The van der Waals surface area contributed by atoms with E-state index in [4.69, 9.17) is 15.0 Å². The van der Waals surface area contributed by atoms with Crippen molar-refractivity contribution in [1.29, 1.82) is 0 Å². The predicted molar refractivity (Wildman–Crippen MR) is 243 cm³/mol. The van der Waals surface area contributed by atoms with Gasteiger partial charge in [0.2, 0.25) is 0 Å². The number of hydrogen-bond donors (Lipinski definition) is 0. The van der Waals surface area contributed by atoms with Crippen LogP contribution in [0.3, 0.4) is 0 Å². The fourth-order valence-corrected chi connectivity index (χ4v) is 10.2. The highest BCUT2D eigenvalue weighted by atomic mass is 32.1.